The summed E-state index contributed by atoms with van der Waals surface area (Å²) in [4.78, 5) is 18.4. The number of oxime groups is 1. The summed E-state index contributed by atoms with van der Waals surface area (Å²) in [5.41, 5.74) is 3.38. The Morgan fingerprint density at radius 1 is 1.20 bits per heavy atom. The number of ether oxygens (including phenoxy) is 1. The quantitative estimate of drug-likeness (QED) is 0.430. The van der Waals surface area contributed by atoms with Crippen LogP contribution in [0, 0.1) is 0 Å². The van der Waals surface area contributed by atoms with Gasteiger partial charge in [0.05, 0.1) is 18.4 Å². The number of rotatable bonds is 4. The first kappa shape index (κ1) is 17.8. The highest BCUT2D eigenvalue weighted by molar-refractivity contribution is 7.98. The van der Waals surface area contributed by atoms with E-state index in [0.29, 0.717) is 10.6 Å². The van der Waals surface area contributed by atoms with Gasteiger partial charge in [-0.3, -0.25) is 0 Å². The topological polar surface area (TPSA) is 47.9 Å². The fourth-order valence-electron chi connectivity index (χ4n) is 2.85. The molecule has 25 heavy (non-hydrogen) atoms. The number of halogens is 1. The molecule has 0 N–H and O–H groups in total. The predicted octanol–water partition coefficient (Wildman–Crippen LogP) is 4.97. The van der Waals surface area contributed by atoms with Gasteiger partial charge in [-0.05, 0) is 67.5 Å². The number of carbonyl (C=O) groups is 1. The second kappa shape index (κ2) is 7.93. The molecule has 6 heteroatoms. The summed E-state index contributed by atoms with van der Waals surface area (Å²) in [7, 11) is 1.65. The lowest BCUT2D eigenvalue weighted by atomic mass is 9.90. The highest BCUT2D eigenvalue weighted by Crippen LogP contribution is 2.27. The zero-order chi connectivity index (χ0) is 17.8. The number of hydrogen-bond donors (Lipinski definition) is 0. The lowest BCUT2D eigenvalue weighted by Gasteiger charge is -2.18. The molecule has 4 nitrogen and oxygen atoms in total. The standard InChI is InChI=1S/C19H18ClNO3S/c1-23-14-7-8-15-12(10-14)4-3-5-17(15)21-24-19(22)16-11-13(20)6-9-18(16)25-2/h6-11H,3-5H2,1-2H3. The van der Waals surface area contributed by atoms with Gasteiger partial charge in [0.15, 0.2) is 0 Å². The Bertz CT molecular complexity index is 835. The number of fused-ring (bicyclic) bond motifs is 1. The molecule has 0 fully saturated rings. The van der Waals surface area contributed by atoms with Gasteiger partial charge >= 0.3 is 5.97 Å². The van der Waals surface area contributed by atoms with E-state index in [2.05, 4.69) is 5.16 Å². The first-order chi connectivity index (χ1) is 12.1. The Morgan fingerprint density at radius 2 is 2.04 bits per heavy atom. The van der Waals surface area contributed by atoms with E-state index in [4.69, 9.17) is 21.2 Å². The second-order valence-electron chi connectivity index (χ2n) is 5.64. The monoisotopic (exact) mass is 375 g/mol. The van der Waals surface area contributed by atoms with Crippen molar-refractivity contribution >= 4 is 35.0 Å². The Labute approximate surface area is 156 Å². The molecule has 0 spiro atoms. The maximum atomic E-state index is 12.4. The van der Waals surface area contributed by atoms with Crippen LogP contribution in [0.1, 0.15) is 34.3 Å². The Balaban J connectivity index is 1.84. The molecule has 1 aliphatic carbocycles. The maximum Gasteiger partial charge on any atom is 0.366 e. The van der Waals surface area contributed by atoms with Crippen LogP contribution in [0.5, 0.6) is 5.75 Å². The maximum absolute atomic E-state index is 12.4. The molecule has 2 aromatic rings. The smallest absolute Gasteiger partial charge is 0.366 e. The van der Waals surface area contributed by atoms with E-state index >= 15 is 0 Å². The summed E-state index contributed by atoms with van der Waals surface area (Å²) < 4.78 is 5.27. The van der Waals surface area contributed by atoms with Gasteiger partial charge in [0.2, 0.25) is 0 Å². The van der Waals surface area contributed by atoms with Gasteiger partial charge in [-0.2, -0.15) is 0 Å². The third kappa shape index (κ3) is 3.99. The van der Waals surface area contributed by atoms with Crippen LogP contribution in [0.3, 0.4) is 0 Å². The number of thioether (sulfide) groups is 1. The van der Waals surface area contributed by atoms with Gasteiger partial charge < -0.3 is 9.57 Å². The number of hydrogen-bond acceptors (Lipinski definition) is 5. The van der Waals surface area contributed by atoms with Crippen molar-refractivity contribution in [3.63, 3.8) is 0 Å². The van der Waals surface area contributed by atoms with Crippen molar-refractivity contribution in [1.82, 2.24) is 0 Å². The first-order valence-corrected chi connectivity index (χ1v) is 9.51. The molecule has 0 saturated heterocycles. The number of benzene rings is 2. The van der Waals surface area contributed by atoms with E-state index in [9.17, 15) is 4.79 Å². The second-order valence-corrected chi connectivity index (χ2v) is 6.92. The summed E-state index contributed by atoms with van der Waals surface area (Å²) in [6, 6.07) is 11.0. The molecule has 0 radical (unpaired) electrons. The zero-order valence-corrected chi connectivity index (χ0v) is 15.6. The first-order valence-electron chi connectivity index (χ1n) is 7.91. The highest BCUT2D eigenvalue weighted by Gasteiger charge is 2.19. The molecule has 0 aromatic heterocycles. The van der Waals surface area contributed by atoms with Gasteiger partial charge in [-0.1, -0.05) is 16.8 Å². The molecule has 2 aromatic carbocycles. The molecule has 0 atom stereocenters. The van der Waals surface area contributed by atoms with Gasteiger partial charge in [-0.25, -0.2) is 4.79 Å². The Morgan fingerprint density at radius 3 is 2.80 bits per heavy atom. The number of carbonyl (C=O) groups excluding carboxylic acids is 1. The Hall–Kier alpha value is -1.98. The van der Waals surface area contributed by atoms with Crippen molar-refractivity contribution in [2.24, 2.45) is 5.16 Å². The SMILES string of the molecule is COc1ccc2c(c1)CCCC2=NOC(=O)c1cc(Cl)ccc1SC. The molecule has 0 amide bonds. The van der Waals surface area contributed by atoms with Crippen LogP contribution in [0.25, 0.3) is 0 Å². The van der Waals surface area contributed by atoms with Crippen LogP contribution >= 0.6 is 23.4 Å². The Kier molecular flexibility index (Phi) is 5.66. The predicted molar refractivity (Wildman–Crippen MR) is 101 cm³/mol. The average molecular weight is 376 g/mol. The fraction of sp³-hybridized carbons (Fsp3) is 0.263. The minimum absolute atomic E-state index is 0.426. The van der Waals surface area contributed by atoms with E-state index in [1.807, 2.05) is 24.5 Å². The minimum atomic E-state index is -0.500. The van der Waals surface area contributed by atoms with Crippen molar-refractivity contribution in [1.29, 1.82) is 0 Å². The normalized spacial score (nSPS) is 14.9. The lowest BCUT2D eigenvalue weighted by Crippen LogP contribution is -2.14. The van der Waals surface area contributed by atoms with E-state index in [1.54, 1.807) is 25.3 Å². The van der Waals surface area contributed by atoms with Crippen LogP contribution in [0.4, 0.5) is 0 Å². The highest BCUT2D eigenvalue weighted by atomic mass is 35.5. The van der Waals surface area contributed by atoms with E-state index in [-0.39, 0.29) is 0 Å². The number of nitrogens with zero attached hydrogens (tertiary/aromatic N) is 1. The zero-order valence-electron chi connectivity index (χ0n) is 14.0. The van der Waals surface area contributed by atoms with Crippen LogP contribution in [-0.4, -0.2) is 25.0 Å². The molecule has 0 saturated carbocycles. The van der Waals surface area contributed by atoms with Crippen LogP contribution in [-0.2, 0) is 11.3 Å². The third-order valence-corrected chi connectivity index (χ3v) is 5.13. The van der Waals surface area contributed by atoms with Crippen molar-refractivity contribution < 1.29 is 14.4 Å². The molecule has 0 bridgehead atoms. The van der Waals surface area contributed by atoms with Crippen molar-refractivity contribution in [3.8, 4) is 5.75 Å². The molecule has 0 unspecified atom stereocenters. The van der Waals surface area contributed by atoms with Crippen LogP contribution in [0.2, 0.25) is 5.02 Å². The van der Waals surface area contributed by atoms with E-state index in [0.717, 1.165) is 46.7 Å². The molecule has 0 heterocycles. The van der Waals surface area contributed by atoms with Crippen molar-refractivity contribution in [2.45, 2.75) is 24.2 Å². The van der Waals surface area contributed by atoms with E-state index in [1.165, 1.54) is 11.8 Å². The third-order valence-electron chi connectivity index (χ3n) is 4.10. The van der Waals surface area contributed by atoms with Gasteiger partial charge in [0.1, 0.15) is 5.75 Å². The number of aryl methyl sites for hydroxylation is 1. The summed E-state index contributed by atoms with van der Waals surface area (Å²) >= 11 is 7.46. The van der Waals surface area contributed by atoms with E-state index < -0.39 is 5.97 Å². The van der Waals surface area contributed by atoms with Crippen molar-refractivity contribution in [2.75, 3.05) is 13.4 Å². The summed E-state index contributed by atoms with van der Waals surface area (Å²) in [5, 5.41) is 4.63. The van der Waals surface area contributed by atoms with Gasteiger partial charge in [-0.15, -0.1) is 11.8 Å². The average Bonchev–Trinajstić information content (AvgIpc) is 2.65. The fourth-order valence-corrected chi connectivity index (χ4v) is 3.59. The molecular weight excluding hydrogens is 358 g/mol. The molecule has 130 valence electrons. The van der Waals surface area contributed by atoms with Crippen LogP contribution in [0.15, 0.2) is 46.4 Å². The largest absolute Gasteiger partial charge is 0.497 e. The van der Waals surface area contributed by atoms with Crippen LogP contribution < -0.4 is 4.74 Å². The molecular formula is C19H18ClNO3S. The summed E-state index contributed by atoms with van der Waals surface area (Å²) in [6.07, 6.45) is 4.60. The summed E-state index contributed by atoms with van der Waals surface area (Å²) in [6.45, 7) is 0. The minimum Gasteiger partial charge on any atom is -0.497 e. The summed E-state index contributed by atoms with van der Waals surface area (Å²) in [5.74, 6) is 0.320. The van der Waals surface area contributed by atoms with Gasteiger partial charge in [0, 0.05) is 15.5 Å². The van der Waals surface area contributed by atoms with Gasteiger partial charge in [0.25, 0.3) is 0 Å². The van der Waals surface area contributed by atoms with Crippen molar-refractivity contribution in [3.05, 3.63) is 58.1 Å². The number of methoxy groups -OCH3 is 1. The molecule has 3 rings (SSSR count). The molecule has 1 aliphatic rings. The lowest BCUT2D eigenvalue weighted by molar-refractivity contribution is 0.0511. The molecule has 0 aliphatic heterocycles.